The Bertz CT molecular complexity index is 628. The molecule has 3 saturated heterocycles. The highest BCUT2D eigenvalue weighted by atomic mass is 16.2. The average Bonchev–Trinajstić information content (AvgIpc) is 3.17. The molecule has 2 bridgehead atoms. The van der Waals surface area contributed by atoms with Gasteiger partial charge in [0.15, 0.2) is 0 Å². The molecule has 7 heteroatoms. The van der Waals surface area contributed by atoms with Crippen LogP contribution in [0.3, 0.4) is 0 Å². The molecule has 0 aliphatic carbocycles. The van der Waals surface area contributed by atoms with Crippen LogP contribution < -0.4 is 5.73 Å². The number of carbonyl (C=O) groups is 2. The average molecular weight is 357 g/mol. The maximum Gasteiger partial charge on any atom is 0.319 e. The summed E-state index contributed by atoms with van der Waals surface area (Å²) in [5.41, 5.74) is 6.36. The highest BCUT2D eigenvalue weighted by molar-refractivity contribution is 5.84. The molecule has 26 heavy (non-hydrogen) atoms. The molecule has 3 fully saturated rings. The summed E-state index contributed by atoms with van der Waals surface area (Å²) in [7, 11) is 3.52. The van der Waals surface area contributed by atoms with Crippen molar-refractivity contribution in [3.05, 3.63) is 0 Å². The molecule has 0 radical (unpaired) electrons. The number of hydrogen-bond acceptors (Lipinski definition) is 4. The number of piperidine rings is 1. The number of likely N-dealkylation sites (tertiary alicyclic amines) is 1. The maximum atomic E-state index is 13.0. The third kappa shape index (κ3) is 3.01. The lowest BCUT2D eigenvalue weighted by Gasteiger charge is -2.42. The van der Waals surface area contributed by atoms with E-state index < -0.39 is 12.1 Å². The predicted octanol–water partition coefficient (Wildman–Crippen LogP) is 0.755. The minimum atomic E-state index is -0.667. The molecule has 140 valence electrons. The zero-order valence-electron chi connectivity index (χ0n) is 15.5. The molecule has 3 aliphatic rings. The number of nitrogens with zero attached hydrogens (tertiary/aromatic N) is 4. The molecule has 0 aromatic rings. The molecule has 5 atom stereocenters. The van der Waals surface area contributed by atoms with Gasteiger partial charge in [-0.1, -0.05) is 5.92 Å². The molecule has 3 rings (SSSR count). The predicted molar refractivity (Wildman–Crippen MR) is 96.5 cm³/mol. The van der Waals surface area contributed by atoms with Crippen molar-refractivity contribution in [2.24, 2.45) is 11.7 Å². The van der Waals surface area contributed by atoms with E-state index in [9.17, 15) is 14.9 Å². The molecule has 2 N–H and O–H groups in total. The van der Waals surface area contributed by atoms with Crippen LogP contribution in [0.15, 0.2) is 0 Å². The van der Waals surface area contributed by atoms with Gasteiger partial charge in [-0.2, -0.15) is 5.26 Å². The Hall–Kier alpha value is -2.25. The number of hydrogen-bond donors (Lipinski definition) is 1. The highest BCUT2D eigenvalue weighted by Gasteiger charge is 2.48. The van der Waals surface area contributed by atoms with Crippen molar-refractivity contribution < 1.29 is 9.59 Å². The topological polar surface area (TPSA) is 93.7 Å². The first kappa shape index (κ1) is 18.5. The van der Waals surface area contributed by atoms with Crippen molar-refractivity contribution >= 4 is 11.9 Å². The van der Waals surface area contributed by atoms with E-state index in [1.165, 1.54) is 4.90 Å². The second kappa shape index (κ2) is 7.17. The number of carbonyl (C=O) groups excluding carboxylic acids is 2. The Morgan fingerprint density at radius 2 is 1.69 bits per heavy atom. The van der Waals surface area contributed by atoms with Crippen LogP contribution in [-0.4, -0.2) is 70.9 Å². The monoisotopic (exact) mass is 357 g/mol. The number of terminal acetylenes is 1. The van der Waals surface area contributed by atoms with Gasteiger partial charge in [0.05, 0.1) is 18.2 Å². The van der Waals surface area contributed by atoms with Gasteiger partial charge in [0.2, 0.25) is 5.91 Å². The van der Waals surface area contributed by atoms with E-state index in [0.717, 1.165) is 25.7 Å². The second-order valence-corrected chi connectivity index (χ2v) is 7.88. The Balaban J connectivity index is 1.71. The minimum Gasteiger partial charge on any atom is -0.331 e. The van der Waals surface area contributed by atoms with Crippen LogP contribution in [-0.2, 0) is 4.79 Å². The summed E-state index contributed by atoms with van der Waals surface area (Å²) in [5, 5.41) is 9.33. The first-order valence-corrected chi connectivity index (χ1v) is 9.32. The number of nitrogens with two attached hydrogens (primary N) is 1. The largest absolute Gasteiger partial charge is 0.331 e. The smallest absolute Gasteiger partial charge is 0.319 e. The lowest BCUT2D eigenvalue weighted by molar-refractivity contribution is -0.135. The summed E-state index contributed by atoms with van der Waals surface area (Å²) in [6.07, 6.45) is 10.2. The fraction of sp³-hybridized carbons (Fsp3) is 0.737. The molecule has 3 amide bonds. The number of rotatable bonds is 2. The van der Waals surface area contributed by atoms with Crippen LogP contribution in [0.25, 0.3) is 0 Å². The molecule has 7 nitrogen and oxygen atoms in total. The van der Waals surface area contributed by atoms with Crippen molar-refractivity contribution in [1.82, 2.24) is 14.7 Å². The molecule has 0 aromatic carbocycles. The zero-order chi connectivity index (χ0) is 19.0. The fourth-order valence-corrected chi connectivity index (χ4v) is 4.84. The van der Waals surface area contributed by atoms with Crippen LogP contribution in [0.4, 0.5) is 4.79 Å². The van der Waals surface area contributed by atoms with Crippen LogP contribution in [0, 0.1) is 29.6 Å². The Morgan fingerprint density at radius 3 is 2.19 bits per heavy atom. The summed E-state index contributed by atoms with van der Waals surface area (Å²) in [6.45, 7) is 0. The van der Waals surface area contributed by atoms with Crippen LogP contribution in [0.5, 0.6) is 0 Å². The summed E-state index contributed by atoms with van der Waals surface area (Å²) in [6, 6.07) is 0.998. The van der Waals surface area contributed by atoms with Gasteiger partial charge in [0.1, 0.15) is 6.04 Å². The van der Waals surface area contributed by atoms with Gasteiger partial charge in [-0.15, -0.1) is 6.42 Å². The maximum absolute atomic E-state index is 13.0. The molecule has 3 heterocycles. The third-order valence-electron chi connectivity index (χ3n) is 6.15. The van der Waals surface area contributed by atoms with E-state index in [-0.39, 0.29) is 36.0 Å². The van der Waals surface area contributed by atoms with Crippen LogP contribution >= 0.6 is 0 Å². The van der Waals surface area contributed by atoms with Crippen molar-refractivity contribution in [2.75, 3.05) is 14.1 Å². The number of nitriles is 1. The van der Waals surface area contributed by atoms with Crippen LogP contribution in [0.1, 0.15) is 38.5 Å². The Morgan fingerprint density at radius 1 is 1.12 bits per heavy atom. The molecule has 3 aliphatic heterocycles. The second-order valence-electron chi connectivity index (χ2n) is 7.88. The molecule has 0 spiro atoms. The third-order valence-corrected chi connectivity index (χ3v) is 6.15. The fourth-order valence-electron chi connectivity index (χ4n) is 4.84. The standard InChI is InChI=1S/C19H27N5O2/c1-4-13-5-8-16(11-20)23(13)18(25)17(21)12-9-14-6-7-15(10-12)24(14)19(26)22(2)3/h1,12-17H,5-10,21H2,2-3H3/t12?,13-,14?,15?,16-,17?/m0/s1. The van der Waals surface area contributed by atoms with Crippen molar-refractivity contribution in [3.8, 4) is 18.4 Å². The van der Waals surface area contributed by atoms with Crippen molar-refractivity contribution in [3.63, 3.8) is 0 Å². The SMILES string of the molecule is C#C[C@H]1CC[C@@H](C#N)N1C(=O)C(N)C1CC2CCC(C1)N2C(=O)N(C)C. The lowest BCUT2D eigenvalue weighted by atomic mass is 9.84. The first-order chi connectivity index (χ1) is 12.4. The lowest BCUT2D eigenvalue weighted by Crippen LogP contribution is -2.57. The van der Waals surface area contributed by atoms with E-state index in [1.54, 1.807) is 19.0 Å². The quantitative estimate of drug-likeness (QED) is 0.738. The van der Waals surface area contributed by atoms with Gasteiger partial charge >= 0.3 is 6.03 Å². The summed E-state index contributed by atoms with van der Waals surface area (Å²) >= 11 is 0. The summed E-state index contributed by atoms with van der Waals surface area (Å²) < 4.78 is 0. The van der Waals surface area contributed by atoms with Crippen molar-refractivity contribution in [2.45, 2.75) is 68.7 Å². The van der Waals surface area contributed by atoms with Gasteiger partial charge in [-0.3, -0.25) is 4.79 Å². The molecule has 3 unspecified atom stereocenters. The van der Waals surface area contributed by atoms with E-state index in [1.807, 2.05) is 4.90 Å². The van der Waals surface area contributed by atoms with E-state index in [2.05, 4.69) is 12.0 Å². The van der Waals surface area contributed by atoms with Gasteiger partial charge in [0.25, 0.3) is 0 Å². The first-order valence-electron chi connectivity index (χ1n) is 9.32. The van der Waals surface area contributed by atoms with Gasteiger partial charge < -0.3 is 20.4 Å². The molecular formula is C19H27N5O2. The van der Waals surface area contributed by atoms with Crippen LogP contribution in [0.2, 0.25) is 0 Å². The number of fused-ring (bicyclic) bond motifs is 2. The summed E-state index contributed by atoms with van der Waals surface area (Å²) in [4.78, 5) is 30.5. The van der Waals surface area contributed by atoms with E-state index >= 15 is 0 Å². The van der Waals surface area contributed by atoms with Gasteiger partial charge in [-0.05, 0) is 44.4 Å². The van der Waals surface area contributed by atoms with Gasteiger partial charge in [-0.25, -0.2) is 4.79 Å². The molecule has 0 aromatic heterocycles. The van der Waals surface area contributed by atoms with Gasteiger partial charge in [0, 0.05) is 26.2 Å². The zero-order valence-corrected chi connectivity index (χ0v) is 15.5. The minimum absolute atomic E-state index is 0.0181. The Kier molecular flexibility index (Phi) is 5.11. The molecular weight excluding hydrogens is 330 g/mol. The summed E-state index contributed by atoms with van der Waals surface area (Å²) in [5.74, 6) is 2.43. The molecule has 0 saturated carbocycles. The normalized spacial score (nSPS) is 34.1. The van der Waals surface area contributed by atoms with Crippen molar-refractivity contribution in [1.29, 1.82) is 5.26 Å². The van der Waals surface area contributed by atoms with E-state index in [4.69, 9.17) is 12.2 Å². The van der Waals surface area contributed by atoms with E-state index in [0.29, 0.717) is 12.8 Å². The number of amides is 3. The highest BCUT2D eigenvalue weighted by Crippen LogP contribution is 2.40. The Labute approximate surface area is 155 Å². The number of urea groups is 1.